The van der Waals surface area contributed by atoms with Gasteiger partial charge in [-0.3, -0.25) is 0 Å². The third-order valence-corrected chi connectivity index (χ3v) is 25.8. The number of rotatable bonds is 10. The number of hydrogen-bond acceptors (Lipinski definition) is 0. The molecule has 22 aromatic rings. The highest BCUT2D eigenvalue weighted by molar-refractivity contribution is 6.18. The first-order chi connectivity index (χ1) is 58.1. The Hall–Kier alpha value is -14.8. The molecule has 556 valence electrons. The summed E-state index contributed by atoms with van der Waals surface area (Å²) in [6, 6.07) is 152. The first-order valence-electron chi connectivity index (χ1n) is 41.2. The van der Waals surface area contributed by atoms with Gasteiger partial charge in [0.05, 0.1) is 44.1 Å². The molecule has 4 heteroatoms. The first kappa shape index (κ1) is 68.7. The van der Waals surface area contributed by atoms with Crippen molar-refractivity contribution in [3.8, 4) is 112 Å². The zero-order chi connectivity index (χ0) is 78.5. The van der Waals surface area contributed by atoms with E-state index in [0.717, 1.165) is 11.4 Å². The minimum absolute atomic E-state index is 0.160. The Morgan fingerprint density at radius 3 is 0.949 bits per heavy atom. The van der Waals surface area contributed by atoms with Gasteiger partial charge in [0.1, 0.15) is 0 Å². The van der Waals surface area contributed by atoms with E-state index in [9.17, 15) is 0 Å². The van der Waals surface area contributed by atoms with E-state index >= 15 is 0 Å². The quantitative estimate of drug-likeness (QED) is 0.130. The van der Waals surface area contributed by atoms with E-state index in [1.54, 1.807) is 0 Å². The van der Waals surface area contributed by atoms with Gasteiger partial charge in [0.25, 0.3) is 0 Å². The number of benzene rings is 18. The van der Waals surface area contributed by atoms with E-state index in [2.05, 4.69) is 458 Å². The van der Waals surface area contributed by atoms with Crippen molar-refractivity contribution in [2.45, 2.75) is 38.5 Å². The van der Waals surface area contributed by atoms with Crippen molar-refractivity contribution in [3.63, 3.8) is 0 Å². The molecule has 0 amide bonds. The summed E-state index contributed by atoms with van der Waals surface area (Å²) in [5.74, 6) is 0. The Morgan fingerprint density at radius 1 is 0.169 bits per heavy atom. The van der Waals surface area contributed by atoms with Gasteiger partial charge in [-0.15, -0.1) is 0 Å². The van der Waals surface area contributed by atoms with Crippen LogP contribution in [0.2, 0.25) is 0 Å². The molecule has 0 N–H and O–H groups in total. The van der Waals surface area contributed by atoms with Crippen LogP contribution < -0.4 is 0 Å². The minimum Gasteiger partial charge on any atom is -0.309 e. The number of aromatic nitrogens is 4. The Balaban J connectivity index is 0.000000138. The Bertz CT molecular complexity index is 7800. The van der Waals surface area contributed by atoms with Gasteiger partial charge in [0.15, 0.2) is 0 Å². The second-order valence-corrected chi connectivity index (χ2v) is 33.1. The maximum atomic E-state index is 2.53. The smallest absolute Gasteiger partial charge is 0.0588 e. The second kappa shape index (κ2) is 26.9. The third-order valence-electron chi connectivity index (χ3n) is 25.8. The van der Waals surface area contributed by atoms with E-state index in [1.165, 1.54) is 210 Å². The molecule has 18 aromatic carbocycles. The van der Waals surface area contributed by atoms with Crippen molar-refractivity contribution in [1.82, 2.24) is 18.3 Å². The highest BCUT2D eigenvalue weighted by Crippen LogP contribution is 2.56. The molecule has 0 spiro atoms. The van der Waals surface area contributed by atoms with Crippen LogP contribution in [0.3, 0.4) is 0 Å². The predicted molar refractivity (Wildman–Crippen MR) is 498 cm³/mol. The summed E-state index contributed by atoms with van der Waals surface area (Å²) in [5, 5.41) is 10.2. The molecule has 0 aliphatic heterocycles. The summed E-state index contributed by atoms with van der Waals surface area (Å²) in [6.07, 6.45) is 0. The van der Waals surface area contributed by atoms with Crippen LogP contribution in [0.5, 0.6) is 0 Å². The fourth-order valence-electron chi connectivity index (χ4n) is 20.3. The SMILES string of the molecule is CC1(C)c2ccccc2-c2ccc3c(c21)c1cc(-c2ccc4c(c2)c2ccccc2n4-c2ccc(-c4ccccc4)cc2)ccc1n3-c1cccc(-c2ccccc2)c1.CC1(C)c2ccccc2-c2ccc3c4cc(-c5ccc6c(c5)c5ccccc5n6-c5ccc(-c6ccccc6)cc5)ccc4n(-c4cccc(-c5ccccc5)c4)c3c21. The lowest BCUT2D eigenvalue weighted by Gasteiger charge is -2.23. The standard InChI is InChI=1S/2C57H40N2/c1-57(2)51-22-11-9-20-45(51)47-30-31-48-50-36-42(27-33-54(50)59(56(48)55(47)57)44-19-13-18-40(34-44)38-16-7-4-8-17-38)41-26-32-53-49(35-41)46-21-10-12-23-52(46)58(53)43-28-24-39(25-29-43)37-14-5-3-6-15-37;1-57(2)50-22-11-9-20-45(50)47-30-33-54-55(56(47)57)49-36-42(27-32-53(49)59(54)44-19-13-18-40(34-44)38-16-7-4-8-17-38)41-26-31-52-48(35-41)46-21-10-12-23-51(46)58(52)43-28-24-39(25-29-43)37-14-5-3-6-15-37/h2*3-36H,1-2H3. The molecular formula is C114H80N4. The third kappa shape index (κ3) is 10.8. The molecular weight excluding hydrogens is 1430 g/mol. The maximum absolute atomic E-state index is 2.53. The molecule has 4 heterocycles. The summed E-state index contributed by atoms with van der Waals surface area (Å²) in [4.78, 5) is 0. The fraction of sp³-hybridized carbons (Fsp3) is 0.0526. The van der Waals surface area contributed by atoms with E-state index in [0.29, 0.717) is 0 Å². The molecule has 0 atom stereocenters. The van der Waals surface area contributed by atoms with Gasteiger partial charge in [0.2, 0.25) is 0 Å². The zero-order valence-corrected chi connectivity index (χ0v) is 66.0. The van der Waals surface area contributed by atoms with Crippen LogP contribution in [0, 0.1) is 0 Å². The molecule has 118 heavy (non-hydrogen) atoms. The van der Waals surface area contributed by atoms with Crippen molar-refractivity contribution in [3.05, 3.63) is 435 Å². The highest BCUT2D eigenvalue weighted by atomic mass is 15.0. The molecule has 0 saturated carbocycles. The van der Waals surface area contributed by atoms with Crippen LogP contribution in [0.25, 0.3) is 199 Å². The average Bonchev–Trinajstić information content (AvgIpc) is 1.54. The van der Waals surface area contributed by atoms with E-state index in [1.807, 2.05) is 0 Å². The fourth-order valence-corrected chi connectivity index (χ4v) is 20.3. The Morgan fingerprint density at radius 2 is 0.475 bits per heavy atom. The van der Waals surface area contributed by atoms with Crippen LogP contribution in [-0.4, -0.2) is 18.3 Å². The molecule has 24 rings (SSSR count). The molecule has 0 bridgehead atoms. The number of fused-ring (bicyclic) bond motifs is 20. The van der Waals surface area contributed by atoms with Crippen molar-refractivity contribution in [1.29, 1.82) is 0 Å². The number of para-hydroxylation sites is 2. The summed E-state index contributed by atoms with van der Waals surface area (Å²) < 4.78 is 9.84. The lowest BCUT2D eigenvalue weighted by Crippen LogP contribution is -2.16. The summed E-state index contributed by atoms with van der Waals surface area (Å²) in [7, 11) is 0. The minimum atomic E-state index is -0.168. The van der Waals surface area contributed by atoms with Gasteiger partial charge in [0, 0.05) is 76.7 Å². The van der Waals surface area contributed by atoms with E-state index < -0.39 is 0 Å². The van der Waals surface area contributed by atoms with Crippen molar-refractivity contribution >= 4 is 87.2 Å². The van der Waals surface area contributed by atoms with Crippen LogP contribution in [-0.2, 0) is 10.8 Å². The number of nitrogens with zero attached hydrogens (tertiary/aromatic N) is 4. The van der Waals surface area contributed by atoms with Crippen molar-refractivity contribution in [2.75, 3.05) is 0 Å². The van der Waals surface area contributed by atoms with E-state index in [4.69, 9.17) is 0 Å². The molecule has 0 unspecified atom stereocenters. The first-order valence-corrected chi connectivity index (χ1v) is 41.2. The monoisotopic (exact) mass is 1500 g/mol. The normalized spacial score (nSPS) is 13.1. The van der Waals surface area contributed by atoms with Gasteiger partial charge in [-0.1, -0.05) is 325 Å². The average molecular weight is 1510 g/mol. The lowest BCUT2D eigenvalue weighted by atomic mass is 9.80. The maximum Gasteiger partial charge on any atom is 0.0588 e. The molecule has 0 radical (unpaired) electrons. The molecule has 0 fully saturated rings. The summed E-state index contributed by atoms with van der Waals surface area (Å²) in [6.45, 7) is 9.60. The van der Waals surface area contributed by atoms with Crippen LogP contribution >= 0.6 is 0 Å². The Kier molecular flexibility index (Phi) is 15.7. The van der Waals surface area contributed by atoms with Gasteiger partial charge >= 0.3 is 0 Å². The molecule has 4 aromatic heterocycles. The molecule has 4 nitrogen and oxygen atoms in total. The van der Waals surface area contributed by atoms with Gasteiger partial charge in [-0.05, 0) is 227 Å². The van der Waals surface area contributed by atoms with E-state index in [-0.39, 0.29) is 10.8 Å². The summed E-state index contributed by atoms with van der Waals surface area (Å²) >= 11 is 0. The van der Waals surface area contributed by atoms with Crippen LogP contribution in [0.15, 0.2) is 413 Å². The number of hydrogen-bond donors (Lipinski definition) is 0. The topological polar surface area (TPSA) is 19.7 Å². The van der Waals surface area contributed by atoms with Crippen molar-refractivity contribution < 1.29 is 0 Å². The lowest BCUT2D eigenvalue weighted by molar-refractivity contribution is 0.664. The Labute approximate surface area is 685 Å². The van der Waals surface area contributed by atoms with Gasteiger partial charge in [-0.25, -0.2) is 0 Å². The highest BCUT2D eigenvalue weighted by Gasteiger charge is 2.40. The predicted octanol–water partition coefficient (Wildman–Crippen LogP) is 30.4. The molecule has 0 saturated heterocycles. The second-order valence-electron chi connectivity index (χ2n) is 33.1. The molecule has 2 aliphatic carbocycles. The molecule has 2 aliphatic rings. The van der Waals surface area contributed by atoms with Crippen molar-refractivity contribution in [2.24, 2.45) is 0 Å². The summed E-state index contributed by atoms with van der Waals surface area (Å²) in [5.41, 5.74) is 39.6. The van der Waals surface area contributed by atoms with Crippen LogP contribution in [0.4, 0.5) is 0 Å². The van der Waals surface area contributed by atoms with Crippen LogP contribution in [0.1, 0.15) is 49.9 Å². The largest absolute Gasteiger partial charge is 0.309 e. The zero-order valence-electron chi connectivity index (χ0n) is 66.0. The van der Waals surface area contributed by atoms with Gasteiger partial charge < -0.3 is 18.3 Å². The van der Waals surface area contributed by atoms with Gasteiger partial charge in [-0.2, -0.15) is 0 Å².